The van der Waals surface area contributed by atoms with Crippen LogP contribution in [0.1, 0.15) is 38.5 Å². The summed E-state index contributed by atoms with van der Waals surface area (Å²) in [6.45, 7) is 0.423. The molecular weight excluding hydrogens is 138 g/mol. The van der Waals surface area contributed by atoms with Crippen LogP contribution in [0, 0.1) is 5.92 Å². The largest absolute Gasteiger partial charge is 0.392 e. The molecule has 0 aromatic heterocycles. The van der Waals surface area contributed by atoms with Crippen LogP contribution in [0.15, 0.2) is 0 Å². The number of hydrogen-bond acceptors (Lipinski definition) is 2. The second-order valence-electron chi connectivity index (χ2n) is 3.62. The second-order valence-corrected chi connectivity index (χ2v) is 3.62. The van der Waals surface area contributed by atoms with Crippen molar-refractivity contribution in [3.8, 4) is 0 Å². The van der Waals surface area contributed by atoms with Crippen LogP contribution < -0.4 is 5.73 Å². The SMILES string of the molecule is NC[C@@H](O)CCC1CCCC1. The molecule has 0 aromatic carbocycles. The van der Waals surface area contributed by atoms with Gasteiger partial charge in [0.15, 0.2) is 0 Å². The summed E-state index contributed by atoms with van der Waals surface area (Å²) < 4.78 is 0. The minimum absolute atomic E-state index is 0.254. The Hall–Kier alpha value is -0.0800. The van der Waals surface area contributed by atoms with Crippen molar-refractivity contribution in [2.45, 2.75) is 44.6 Å². The fourth-order valence-electron chi connectivity index (χ4n) is 1.84. The van der Waals surface area contributed by atoms with E-state index in [1.54, 1.807) is 0 Å². The van der Waals surface area contributed by atoms with Gasteiger partial charge < -0.3 is 10.8 Å². The van der Waals surface area contributed by atoms with Crippen LogP contribution in [-0.4, -0.2) is 17.8 Å². The minimum Gasteiger partial charge on any atom is -0.392 e. The van der Waals surface area contributed by atoms with Gasteiger partial charge in [0.05, 0.1) is 6.10 Å². The highest BCUT2D eigenvalue weighted by Crippen LogP contribution is 2.28. The lowest BCUT2D eigenvalue weighted by atomic mass is 10.00. The molecule has 2 nitrogen and oxygen atoms in total. The molecule has 0 aromatic rings. The predicted molar refractivity (Wildman–Crippen MR) is 46.3 cm³/mol. The van der Waals surface area contributed by atoms with Gasteiger partial charge >= 0.3 is 0 Å². The minimum atomic E-state index is -0.254. The zero-order chi connectivity index (χ0) is 8.10. The molecule has 1 fully saturated rings. The smallest absolute Gasteiger partial charge is 0.0662 e. The van der Waals surface area contributed by atoms with Gasteiger partial charge in [-0.15, -0.1) is 0 Å². The van der Waals surface area contributed by atoms with Gasteiger partial charge in [-0.2, -0.15) is 0 Å². The molecule has 2 heteroatoms. The van der Waals surface area contributed by atoms with Crippen molar-refractivity contribution < 1.29 is 5.11 Å². The van der Waals surface area contributed by atoms with Gasteiger partial charge in [-0.3, -0.25) is 0 Å². The van der Waals surface area contributed by atoms with E-state index in [-0.39, 0.29) is 6.10 Å². The first-order valence-electron chi connectivity index (χ1n) is 4.71. The van der Waals surface area contributed by atoms with Crippen molar-refractivity contribution in [3.05, 3.63) is 0 Å². The van der Waals surface area contributed by atoms with Crippen LogP contribution >= 0.6 is 0 Å². The molecule has 0 unspecified atom stereocenters. The summed E-state index contributed by atoms with van der Waals surface area (Å²) in [4.78, 5) is 0. The van der Waals surface area contributed by atoms with Gasteiger partial charge in [0.1, 0.15) is 0 Å². The summed E-state index contributed by atoms with van der Waals surface area (Å²) in [5.41, 5.74) is 5.31. The second kappa shape index (κ2) is 4.73. The third kappa shape index (κ3) is 3.21. The monoisotopic (exact) mass is 157 g/mol. The predicted octanol–water partition coefficient (Wildman–Crippen LogP) is 1.28. The van der Waals surface area contributed by atoms with Gasteiger partial charge in [-0.25, -0.2) is 0 Å². The Morgan fingerprint density at radius 2 is 2.00 bits per heavy atom. The van der Waals surface area contributed by atoms with E-state index < -0.39 is 0 Å². The summed E-state index contributed by atoms with van der Waals surface area (Å²) in [7, 11) is 0. The maximum absolute atomic E-state index is 9.19. The van der Waals surface area contributed by atoms with Crippen molar-refractivity contribution in [2.24, 2.45) is 11.7 Å². The number of rotatable bonds is 4. The number of aliphatic hydroxyl groups excluding tert-OH is 1. The Labute approximate surface area is 68.8 Å². The Bertz CT molecular complexity index is 99.7. The Morgan fingerprint density at radius 1 is 1.36 bits per heavy atom. The molecule has 0 heterocycles. The Morgan fingerprint density at radius 3 is 2.55 bits per heavy atom. The molecule has 0 aliphatic heterocycles. The highest BCUT2D eigenvalue weighted by molar-refractivity contribution is 4.69. The fourth-order valence-corrected chi connectivity index (χ4v) is 1.84. The third-order valence-corrected chi connectivity index (χ3v) is 2.65. The fraction of sp³-hybridized carbons (Fsp3) is 1.00. The Kier molecular flexibility index (Phi) is 3.87. The molecule has 3 N–H and O–H groups in total. The highest BCUT2D eigenvalue weighted by atomic mass is 16.3. The number of nitrogens with two attached hydrogens (primary N) is 1. The highest BCUT2D eigenvalue weighted by Gasteiger charge is 2.15. The Balaban J connectivity index is 2.01. The zero-order valence-corrected chi connectivity index (χ0v) is 7.13. The van der Waals surface area contributed by atoms with E-state index in [1.165, 1.54) is 32.1 Å². The molecule has 11 heavy (non-hydrogen) atoms. The van der Waals surface area contributed by atoms with E-state index in [0.717, 1.165) is 12.3 Å². The standard InChI is InChI=1S/C9H19NO/c10-7-9(11)6-5-8-3-1-2-4-8/h8-9,11H,1-7,10H2/t9-/m0/s1. The van der Waals surface area contributed by atoms with Crippen molar-refractivity contribution in [3.63, 3.8) is 0 Å². The zero-order valence-electron chi connectivity index (χ0n) is 7.13. The number of hydrogen-bond donors (Lipinski definition) is 2. The average molecular weight is 157 g/mol. The van der Waals surface area contributed by atoms with Crippen LogP contribution in [-0.2, 0) is 0 Å². The lowest BCUT2D eigenvalue weighted by Crippen LogP contribution is -2.20. The molecule has 0 amide bonds. The van der Waals surface area contributed by atoms with E-state index in [2.05, 4.69) is 0 Å². The van der Waals surface area contributed by atoms with Crippen molar-refractivity contribution in [2.75, 3.05) is 6.54 Å². The first kappa shape index (κ1) is 9.01. The quantitative estimate of drug-likeness (QED) is 0.645. The molecular formula is C9H19NO. The summed E-state index contributed by atoms with van der Waals surface area (Å²) in [6, 6.07) is 0. The first-order chi connectivity index (χ1) is 5.33. The van der Waals surface area contributed by atoms with E-state index in [1.807, 2.05) is 0 Å². The lowest BCUT2D eigenvalue weighted by Gasteiger charge is -2.11. The van der Waals surface area contributed by atoms with E-state index in [0.29, 0.717) is 6.54 Å². The maximum Gasteiger partial charge on any atom is 0.0662 e. The van der Waals surface area contributed by atoms with Crippen LogP contribution in [0.4, 0.5) is 0 Å². The molecule has 1 atom stereocenters. The summed E-state index contributed by atoms with van der Waals surface area (Å²) in [5, 5.41) is 9.19. The van der Waals surface area contributed by atoms with Crippen LogP contribution in [0.25, 0.3) is 0 Å². The van der Waals surface area contributed by atoms with Crippen molar-refractivity contribution >= 4 is 0 Å². The van der Waals surface area contributed by atoms with Gasteiger partial charge in [0.25, 0.3) is 0 Å². The van der Waals surface area contributed by atoms with Crippen LogP contribution in [0.2, 0.25) is 0 Å². The van der Waals surface area contributed by atoms with Crippen LogP contribution in [0.5, 0.6) is 0 Å². The summed E-state index contributed by atoms with van der Waals surface area (Å²) >= 11 is 0. The van der Waals surface area contributed by atoms with Gasteiger partial charge in [0, 0.05) is 6.54 Å². The molecule has 0 saturated heterocycles. The third-order valence-electron chi connectivity index (χ3n) is 2.65. The topological polar surface area (TPSA) is 46.2 Å². The molecule has 0 radical (unpaired) electrons. The first-order valence-corrected chi connectivity index (χ1v) is 4.71. The van der Waals surface area contributed by atoms with Crippen molar-refractivity contribution in [1.29, 1.82) is 0 Å². The molecule has 1 aliphatic carbocycles. The normalized spacial score (nSPS) is 22.4. The summed E-state index contributed by atoms with van der Waals surface area (Å²) in [5.74, 6) is 0.885. The van der Waals surface area contributed by atoms with Gasteiger partial charge in [-0.1, -0.05) is 25.7 Å². The summed E-state index contributed by atoms with van der Waals surface area (Å²) in [6.07, 6.45) is 7.36. The van der Waals surface area contributed by atoms with Crippen molar-refractivity contribution in [1.82, 2.24) is 0 Å². The van der Waals surface area contributed by atoms with Gasteiger partial charge in [-0.05, 0) is 18.8 Å². The molecule has 1 rings (SSSR count). The average Bonchev–Trinajstić information content (AvgIpc) is 2.52. The molecule has 66 valence electrons. The molecule has 1 aliphatic rings. The molecule has 0 spiro atoms. The molecule has 1 saturated carbocycles. The number of aliphatic hydroxyl groups is 1. The van der Waals surface area contributed by atoms with E-state index in [4.69, 9.17) is 5.73 Å². The lowest BCUT2D eigenvalue weighted by molar-refractivity contribution is 0.162. The van der Waals surface area contributed by atoms with E-state index in [9.17, 15) is 5.11 Å². The van der Waals surface area contributed by atoms with E-state index >= 15 is 0 Å². The van der Waals surface area contributed by atoms with Gasteiger partial charge in [0.2, 0.25) is 0 Å². The molecule has 0 bridgehead atoms. The maximum atomic E-state index is 9.19. The van der Waals surface area contributed by atoms with Crippen LogP contribution in [0.3, 0.4) is 0 Å².